The zero-order chi connectivity index (χ0) is 23.4. The van der Waals surface area contributed by atoms with Crippen LogP contribution in [0, 0.1) is 11.3 Å². The summed E-state index contributed by atoms with van der Waals surface area (Å²) in [5.74, 6) is 0.550. The Kier molecular flexibility index (Phi) is 5.05. The van der Waals surface area contributed by atoms with Crippen LogP contribution in [0.5, 0.6) is 0 Å². The maximum atomic E-state index is 13.5. The van der Waals surface area contributed by atoms with Crippen LogP contribution >= 0.6 is 0 Å². The Morgan fingerprint density at radius 3 is 2.52 bits per heavy atom. The molecule has 33 heavy (non-hydrogen) atoms. The number of hydrogen-bond donors (Lipinski definition) is 0. The number of fused-ring (bicyclic) bond motifs is 1. The van der Waals surface area contributed by atoms with Crippen LogP contribution in [0.25, 0.3) is 27.7 Å². The molecule has 0 aliphatic heterocycles. The minimum atomic E-state index is -3.80. The number of hydrogen-bond acceptors (Lipinski definition) is 4. The van der Waals surface area contributed by atoms with Crippen LogP contribution in [-0.2, 0) is 17.1 Å². The van der Waals surface area contributed by atoms with Crippen molar-refractivity contribution in [2.24, 2.45) is 18.4 Å². The summed E-state index contributed by atoms with van der Waals surface area (Å²) >= 11 is 0. The van der Waals surface area contributed by atoms with Crippen LogP contribution < -0.4 is 0 Å². The van der Waals surface area contributed by atoms with Gasteiger partial charge in [-0.2, -0.15) is 5.10 Å². The largest absolute Gasteiger partial charge is 0.275 e. The van der Waals surface area contributed by atoms with Crippen LogP contribution in [-0.4, -0.2) is 27.2 Å². The number of nitrogens with zero attached hydrogens (tertiary/aromatic N) is 4. The zero-order valence-electron chi connectivity index (χ0n) is 19.4. The summed E-state index contributed by atoms with van der Waals surface area (Å²) in [5, 5.41) is 5.10. The molecule has 0 N–H and O–H groups in total. The minimum Gasteiger partial charge on any atom is -0.275 e. The van der Waals surface area contributed by atoms with Crippen molar-refractivity contribution in [1.29, 1.82) is 0 Å². The molecule has 0 amide bonds. The molecule has 1 unspecified atom stereocenters. The zero-order valence-corrected chi connectivity index (χ0v) is 20.2. The lowest BCUT2D eigenvalue weighted by atomic mass is 9.67. The molecule has 0 spiro atoms. The number of aromatic nitrogens is 4. The van der Waals surface area contributed by atoms with Crippen molar-refractivity contribution in [3.63, 3.8) is 0 Å². The first kappa shape index (κ1) is 21.6. The van der Waals surface area contributed by atoms with Gasteiger partial charge in [-0.15, -0.1) is 0 Å². The molecular weight excluding hydrogens is 432 g/mol. The molecule has 3 aromatic heterocycles. The van der Waals surface area contributed by atoms with Crippen molar-refractivity contribution >= 4 is 26.6 Å². The van der Waals surface area contributed by atoms with Crippen molar-refractivity contribution < 1.29 is 8.42 Å². The highest BCUT2D eigenvalue weighted by atomic mass is 32.2. The monoisotopic (exact) mass is 460 g/mol. The highest BCUT2D eigenvalue weighted by molar-refractivity contribution is 7.90. The lowest BCUT2D eigenvalue weighted by Crippen LogP contribution is -2.26. The molecular formula is C26H28N4O2S. The van der Waals surface area contributed by atoms with Gasteiger partial charge in [-0.25, -0.2) is 17.4 Å². The van der Waals surface area contributed by atoms with E-state index in [1.165, 1.54) is 16.0 Å². The number of allylic oxidation sites excluding steroid dienone is 2. The van der Waals surface area contributed by atoms with Gasteiger partial charge in [0, 0.05) is 42.2 Å². The summed E-state index contributed by atoms with van der Waals surface area (Å²) in [6.07, 6.45) is 11.7. The number of aryl methyl sites for hydroxylation is 1. The van der Waals surface area contributed by atoms with E-state index in [4.69, 9.17) is 4.98 Å². The normalized spacial score (nSPS) is 18.4. The maximum Gasteiger partial charge on any atom is 0.269 e. The summed E-state index contributed by atoms with van der Waals surface area (Å²) in [5.41, 5.74) is 4.40. The molecule has 0 bridgehead atoms. The Labute approximate surface area is 194 Å². The van der Waals surface area contributed by atoms with Crippen molar-refractivity contribution in [3.05, 3.63) is 72.8 Å². The molecule has 4 aromatic rings. The van der Waals surface area contributed by atoms with Crippen LogP contribution in [0.15, 0.2) is 72.2 Å². The number of pyridine rings is 1. The van der Waals surface area contributed by atoms with Gasteiger partial charge >= 0.3 is 0 Å². The second-order valence-corrected chi connectivity index (χ2v) is 11.3. The van der Waals surface area contributed by atoms with Crippen molar-refractivity contribution in [2.45, 2.75) is 38.5 Å². The van der Waals surface area contributed by atoms with Gasteiger partial charge in [0.25, 0.3) is 10.0 Å². The van der Waals surface area contributed by atoms with E-state index in [-0.39, 0.29) is 10.3 Å². The van der Waals surface area contributed by atoms with Crippen molar-refractivity contribution in [1.82, 2.24) is 18.7 Å². The average Bonchev–Trinajstić information content (AvgIpc) is 3.39. The van der Waals surface area contributed by atoms with Gasteiger partial charge < -0.3 is 0 Å². The first-order chi connectivity index (χ1) is 15.7. The van der Waals surface area contributed by atoms with Gasteiger partial charge in [-0.3, -0.25) is 4.68 Å². The van der Waals surface area contributed by atoms with E-state index >= 15 is 0 Å². The molecule has 0 radical (unpaired) electrons. The first-order valence-electron chi connectivity index (χ1n) is 11.2. The second kappa shape index (κ2) is 7.70. The molecule has 0 saturated carbocycles. The topological polar surface area (TPSA) is 69.8 Å². The Hall–Kier alpha value is -3.19. The molecule has 0 fully saturated rings. The maximum absolute atomic E-state index is 13.5. The second-order valence-electron chi connectivity index (χ2n) is 9.47. The third kappa shape index (κ3) is 3.51. The molecule has 1 aromatic carbocycles. The van der Waals surface area contributed by atoms with Crippen LogP contribution in [0.2, 0.25) is 0 Å². The van der Waals surface area contributed by atoms with Gasteiger partial charge in [0.2, 0.25) is 0 Å². The van der Waals surface area contributed by atoms with Crippen LogP contribution in [0.1, 0.15) is 39.2 Å². The molecule has 3 heterocycles. The Morgan fingerprint density at radius 1 is 1.06 bits per heavy atom. The van der Waals surface area contributed by atoms with Gasteiger partial charge in [-0.1, -0.05) is 45.0 Å². The van der Waals surface area contributed by atoms with Crippen molar-refractivity contribution in [2.75, 3.05) is 0 Å². The summed E-state index contributed by atoms with van der Waals surface area (Å²) in [7, 11) is -1.95. The summed E-state index contributed by atoms with van der Waals surface area (Å²) in [6.45, 7) is 6.85. The Balaban J connectivity index is 1.76. The molecule has 6 nitrogen and oxygen atoms in total. The quantitative estimate of drug-likeness (QED) is 0.402. The molecule has 1 atom stereocenters. The molecule has 5 rings (SSSR count). The smallest absolute Gasteiger partial charge is 0.269 e. The first-order valence-corrected chi connectivity index (χ1v) is 12.7. The molecule has 170 valence electrons. The summed E-state index contributed by atoms with van der Waals surface area (Å²) in [6, 6.07) is 10.6. The summed E-state index contributed by atoms with van der Waals surface area (Å²) < 4.78 is 30.1. The fourth-order valence-electron chi connectivity index (χ4n) is 4.76. The minimum absolute atomic E-state index is 0.0146. The lowest BCUT2D eigenvalue weighted by molar-refractivity contribution is 0.292. The van der Waals surface area contributed by atoms with E-state index in [9.17, 15) is 8.42 Å². The lowest BCUT2D eigenvalue weighted by Gasteiger charge is -2.38. The van der Waals surface area contributed by atoms with Crippen LogP contribution in [0.3, 0.4) is 0 Å². The third-order valence-corrected chi connectivity index (χ3v) is 8.78. The average molecular weight is 461 g/mol. The SMILES string of the molecule is CC1CCC=C(c2cnc3c(c2)c(-c2cnn(C)c2)cn3S(=O)(=O)c2ccccc2)C1(C)C. The van der Waals surface area contributed by atoms with E-state index in [1.54, 1.807) is 47.4 Å². The van der Waals surface area contributed by atoms with E-state index in [0.717, 1.165) is 28.5 Å². The molecule has 1 aliphatic carbocycles. The van der Waals surface area contributed by atoms with Crippen LogP contribution in [0.4, 0.5) is 0 Å². The van der Waals surface area contributed by atoms with Gasteiger partial charge in [0.1, 0.15) is 0 Å². The Morgan fingerprint density at radius 2 is 1.82 bits per heavy atom. The van der Waals surface area contributed by atoms with Crippen molar-refractivity contribution in [3.8, 4) is 11.1 Å². The van der Waals surface area contributed by atoms with E-state index < -0.39 is 10.0 Å². The molecule has 0 saturated heterocycles. The standard InChI is InChI=1S/C26H28N4O2S/c1-18-9-8-12-24(26(18,2)3)19-13-22-23(20-15-28-29(4)16-20)17-30(25(22)27-14-19)33(31,32)21-10-6-5-7-11-21/h5-7,10-18H,8-9H2,1-4H3. The predicted octanol–water partition coefficient (Wildman–Crippen LogP) is 5.51. The van der Waals surface area contributed by atoms with E-state index in [0.29, 0.717) is 11.6 Å². The van der Waals surface area contributed by atoms with Gasteiger partial charge in [0.15, 0.2) is 5.65 Å². The highest BCUT2D eigenvalue weighted by Gasteiger charge is 2.34. The fraction of sp³-hybridized carbons (Fsp3) is 0.308. The predicted molar refractivity (Wildman–Crippen MR) is 131 cm³/mol. The third-order valence-electron chi connectivity index (χ3n) is 7.11. The number of rotatable bonds is 4. The Bertz CT molecular complexity index is 1480. The van der Waals surface area contributed by atoms with Gasteiger partial charge in [-0.05, 0) is 53.5 Å². The van der Waals surface area contributed by atoms with Gasteiger partial charge in [0.05, 0.1) is 11.1 Å². The highest BCUT2D eigenvalue weighted by Crippen LogP contribution is 2.47. The summed E-state index contributed by atoms with van der Waals surface area (Å²) in [4.78, 5) is 4.94. The molecule has 7 heteroatoms. The van der Waals surface area contributed by atoms with E-state index in [1.807, 2.05) is 19.4 Å². The number of benzene rings is 1. The fourth-order valence-corrected chi connectivity index (χ4v) is 6.11. The van der Waals surface area contributed by atoms with E-state index in [2.05, 4.69) is 38.0 Å². The molecule has 1 aliphatic rings.